The van der Waals surface area contributed by atoms with Crippen molar-refractivity contribution in [3.63, 3.8) is 0 Å². The molecule has 0 bridgehead atoms. The zero-order valence-corrected chi connectivity index (χ0v) is 24.0. The van der Waals surface area contributed by atoms with Gasteiger partial charge < -0.3 is 29.5 Å². The number of nitrogens with zero attached hydrogens (tertiary/aromatic N) is 6. The van der Waals surface area contributed by atoms with Gasteiger partial charge in [-0.25, -0.2) is 4.98 Å². The second kappa shape index (κ2) is 12.2. The van der Waals surface area contributed by atoms with Crippen LogP contribution in [0, 0.1) is 11.3 Å². The van der Waals surface area contributed by atoms with Crippen LogP contribution in [-0.4, -0.2) is 106 Å². The fourth-order valence-corrected chi connectivity index (χ4v) is 5.62. The molecular formula is C32H33N7O4. The number of ether oxygens (including phenoxy) is 1. The summed E-state index contributed by atoms with van der Waals surface area (Å²) < 4.78 is 6.15. The highest BCUT2D eigenvalue weighted by molar-refractivity contribution is 5.95. The normalized spacial score (nSPS) is 16.3. The van der Waals surface area contributed by atoms with Crippen molar-refractivity contribution in [3.05, 3.63) is 65.9 Å². The lowest BCUT2D eigenvalue weighted by Gasteiger charge is -2.32. The number of likely N-dealkylation sites (tertiary alicyclic amines) is 1. The van der Waals surface area contributed by atoms with E-state index < -0.39 is 6.61 Å². The molecular weight excluding hydrogens is 546 g/mol. The number of hydrogen-bond donors (Lipinski definition) is 2. The largest absolute Gasteiger partial charge is 0.489 e. The number of piperidine rings is 1. The van der Waals surface area contributed by atoms with Gasteiger partial charge in [0.25, 0.3) is 5.91 Å². The van der Waals surface area contributed by atoms with Crippen LogP contribution in [0.5, 0.6) is 5.75 Å². The van der Waals surface area contributed by atoms with Crippen LogP contribution in [0.1, 0.15) is 28.8 Å². The summed E-state index contributed by atoms with van der Waals surface area (Å²) in [4.78, 5) is 43.2. The number of rotatable bonds is 6. The maximum atomic E-state index is 13.0. The number of nitrogens with one attached hydrogen (secondary N) is 1. The Morgan fingerprint density at radius 3 is 2.42 bits per heavy atom. The third-order valence-electron chi connectivity index (χ3n) is 8.19. The van der Waals surface area contributed by atoms with Gasteiger partial charge in [-0.15, -0.1) is 0 Å². The summed E-state index contributed by atoms with van der Waals surface area (Å²) in [5, 5.41) is 19.0. The summed E-state index contributed by atoms with van der Waals surface area (Å²) in [7, 11) is 2.06. The van der Waals surface area contributed by atoms with E-state index in [1.165, 1.54) is 0 Å². The summed E-state index contributed by atoms with van der Waals surface area (Å²) in [6.07, 6.45) is 2.83. The number of nitriles is 1. The number of H-pyrrole nitrogens is 1. The van der Waals surface area contributed by atoms with Crippen LogP contribution >= 0.6 is 0 Å². The molecule has 0 unspecified atom stereocenters. The van der Waals surface area contributed by atoms with Crippen molar-refractivity contribution < 1.29 is 19.4 Å². The minimum atomic E-state index is -0.492. The number of likely N-dealkylation sites (N-methyl/N-ethyl adjacent to an activating group) is 1. The number of benzene rings is 2. The lowest BCUT2D eigenvalue weighted by molar-refractivity contribution is -0.135. The topological polar surface area (TPSA) is 139 Å². The smallest absolute Gasteiger partial charge is 0.253 e. The minimum Gasteiger partial charge on any atom is -0.489 e. The molecule has 2 aliphatic rings. The van der Waals surface area contributed by atoms with Crippen molar-refractivity contribution in [2.75, 3.05) is 52.9 Å². The molecule has 2 aliphatic heterocycles. The second-order valence-electron chi connectivity index (χ2n) is 11.0. The zero-order chi connectivity index (χ0) is 29.9. The third kappa shape index (κ3) is 5.93. The van der Waals surface area contributed by atoms with Gasteiger partial charge in [-0.3, -0.25) is 14.6 Å². The Balaban J connectivity index is 1.20. The summed E-state index contributed by atoms with van der Waals surface area (Å²) in [5.74, 6) is 0.907. The van der Waals surface area contributed by atoms with E-state index in [0.717, 1.165) is 42.8 Å². The van der Waals surface area contributed by atoms with Crippen molar-refractivity contribution in [2.24, 2.45) is 0 Å². The monoisotopic (exact) mass is 579 g/mol. The van der Waals surface area contributed by atoms with Crippen LogP contribution in [0.2, 0.25) is 0 Å². The van der Waals surface area contributed by atoms with E-state index in [0.29, 0.717) is 59.8 Å². The van der Waals surface area contributed by atoms with Crippen molar-refractivity contribution in [1.82, 2.24) is 29.7 Å². The molecule has 4 heterocycles. The molecule has 4 aromatic rings. The molecule has 2 fully saturated rings. The first-order chi connectivity index (χ1) is 20.9. The number of carbonyl (C=O) groups is 2. The first-order valence-corrected chi connectivity index (χ1v) is 14.5. The molecule has 2 aromatic carbocycles. The average molecular weight is 580 g/mol. The molecule has 0 radical (unpaired) electrons. The van der Waals surface area contributed by atoms with Crippen LogP contribution < -0.4 is 4.74 Å². The number of fused-ring (bicyclic) bond motifs is 1. The zero-order valence-electron chi connectivity index (χ0n) is 24.0. The Hall–Kier alpha value is -4.79. The number of pyridine rings is 1. The van der Waals surface area contributed by atoms with Gasteiger partial charge in [-0.1, -0.05) is 12.1 Å². The summed E-state index contributed by atoms with van der Waals surface area (Å²) in [5.41, 5.74) is 4.76. The van der Waals surface area contributed by atoms with E-state index in [2.05, 4.69) is 28.0 Å². The Labute approximate surface area is 249 Å². The number of piperazine rings is 1. The van der Waals surface area contributed by atoms with Crippen molar-refractivity contribution >= 4 is 22.8 Å². The molecule has 2 amide bonds. The molecule has 0 aliphatic carbocycles. The lowest BCUT2D eigenvalue weighted by Crippen LogP contribution is -2.47. The van der Waals surface area contributed by atoms with E-state index in [4.69, 9.17) is 14.8 Å². The summed E-state index contributed by atoms with van der Waals surface area (Å²) in [6.45, 7) is 3.72. The van der Waals surface area contributed by atoms with Crippen LogP contribution in [-0.2, 0) is 4.79 Å². The first kappa shape index (κ1) is 28.3. The molecule has 43 heavy (non-hydrogen) atoms. The van der Waals surface area contributed by atoms with Gasteiger partial charge in [0.1, 0.15) is 35.9 Å². The van der Waals surface area contributed by atoms with Gasteiger partial charge in [0.2, 0.25) is 5.91 Å². The summed E-state index contributed by atoms with van der Waals surface area (Å²) in [6, 6.07) is 17.0. The number of amides is 2. The maximum absolute atomic E-state index is 13.0. The lowest BCUT2D eigenvalue weighted by atomic mass is 10.0. The van der Waals surface area contributed by atoms with Gasteiger partial charge >= 0.3 is 0 Å². The minimum absolute atomic E-state index is 0.0405. The Morgan fingerprint density at radius 2 is 1.72 bits per heavy atom. The molecule has 0 atom stereocenters. The van der Waals surface area contributed by atoms with Gasteiger partial charge in [0, 0.05) is 75.0 Å². The maximum Gasteiger partial charge on any atom is 0.253 e. The molecule has 2 aromatic heterocycles. The summed E-state index contributed by atoms with van der Waals surface area (Å²) >= 11 is 0. The number of aliphatic hydroxyl groups is 1. The Kier molecular flexibility index (Phi) is 8.05. The Morgan fingerprint density at radius 1 is 1.00 bits per heavy atom. The van der Waals surface area contributed by atoms with E-state index in [1.807, 2.05) is 41.3 Å². The van der Waals surface area contributed by atoms with Crippen molar-refractivity contribution in [1.29, 1.82) is 5.26 Å². The average Bonchev–Trinajstić information content (AvgIpc) is 3.50. The number of aromatic amines is 1. The number of hydrogen-bond acceptors (Lipinski definition) is 8. The highest BCUT2D eigenvalue weighted by atomic mass is 16.5. The molecule has 6 rings (SSSR count). The molecule has 220 valence electrons. The second-order valence-corrected chi connectivity index (χ2v) is 11.0. The number of imidazole rings is 1. The van der Waals surface area contributed by atoms with Gasteiger partial charge in [0.15, 0.2) is 0 Å². The highest BCUT2D eigenvalue weighted by Crippen LogP contribution is 2.32. The fourth-order valence-electron chi connectivity index (χ4n) is 5.62. The molecule has 2 saturated heterocycles. The molecule has 0 spiro atoms. The van der Waals surface area contributed by atoms with Gasteiger partial charge in [-0.2, -0.15) is 5.26 Å². The quantitative estimate of drug-likeness (QED) is 0.356. The SMILES string of the molecule is CN1CCN(C(=O)c2ccc(-c3nc4c(-c5ccc(OC6CCN(C(=O)CO)CC6)c(C#N)c5)nccc4[nH]3)cc2)CC1. The number of carbonyl (C=O) groups excluding carboxylic acids is 2. The van der Waals surface area contributed by atoms with Crippen LogP contribution in [0.15, 0.2) is 54.7 Å². The van der Waals surface area contributed by atoms with Crippen LogP contribution in [0.25, 0.3) is 33.7 Å². The van der Waals surface area contributed by atoms with E-state index in [-0.39, 0.29) is 17.9 Å². The van der Waals surface area contributed by atoms with E-state index >= 15 is 0 Å². The van der Waals surface area contributed by atoms with Crippen LogP contribution in [0.4, 0.5) is 0 Å². The molecule has 11 nitrogen and oxygen atoms in total. The third-order valence-corrected chi connectivity index (χ3v) is 8.19. The molecule has 0 saturated carbocycles. The van der Waals surface area contributed by atoms with Gasteiger partial charge in [0.05, 0.1) is 16.8 Å². The van der Waals surface area contributed by atoms with E-state index in [9.17, 15) is 14.9 Å². The highest BCUT2D eigenvalue weighted by Gasteiger charge is 2.25. The molecule has 11 heteroatoms. The predicted octanol–water partition coefficient (Wildman–Crippen LogP) is 2.91. The van der Waals surface area contributed by atoms with Crippen molar-refractivity contribution in [3.8, 4) is 34.5 Å². The molecule has 2 N–H and O–H groups in total. The standard InChI is InChI=1S/C32H33N7O4/c1-37-14-16-39(17-15-37)32(42)22-4-2-21(3-5-22)31-35-26-8-11-34-29(30(26)36-31)23-6-7-27(24(18-23)19-33)43-25-9-12-38(13-10-25)28(41)20-40/h2-8,11,18,25,40H,9-10,12-17,20H2,1H3,(H,35,36). The van der Waals surface area contributed by atoms with Crippen LogP contribution in [0.3, 0.4) is 0 Å². The fraction of sp³-hybridized carbons (Fsp3) is 0.344. The van der Waals surface area contributed by atoms with E-state index in [1.54, 1.807) is 23.2 Å². The number of aromatic nitrogens is 3. The van der Waals surface area contributed by atoms with Gasteiger partial charge in [-0.05, 0) is 43.4 Å². The number of aliphatic hydroxyl groups excluding tert-OH is 1. The Bertz CT molecular complexity index is 1680. The predicted molar refractivity (Wildman–Crippen MR) is 160 cm³/mol. The van der Waals surface area contributed by atoms with Crippen molar-refractivity contribution in [2.45, 2.75) is 18.9 Å². The first-order valence-electron chi connectivity index (χ1n) is 14.5.